The van der Waals surface area contributed by atoms with E-state index in [4.69, 9.17) is 15.2 Å². The molecule has 3 heteroatoms. The summed E-state index contributed by atoms with van der Waals surface area (Å²) in [6, 6.07) is 0. The molecule has 1 aliphatic heterocycles. The zero-order valence-electron chi connectivity index (χ0n) is 9.64. The van der Waals surface area contributed by atoms with Gasteiger partial charge in [-0.2, -0.15) is 0 Å². The molecule has 0 aromatic rings. The van der Waals surface area contributed by atoms with E-state index in [1.54, 1.807) is 0 Å². The fourth-order valence-electron chi connectivity index (χ4n) is 2.06. The predicted molar refractivity (Wildman–Crippen MR) is 57.3 cm³/mol. The van der Waals surface area contributed by atoms with Crippen LogP contribution in [-0.4, -0.2) is 31.0 Å². The van der Waals surface area contributed by atoms with Gasteiger partial charge in [-0.15, -0.1) is 0 Å². The summed E-state index contributed by atoms with van der Waals surface area (Å²) in [7, 11) is 0. The smallest absolute Gasteiger partial charge is 0.0745 e. The minimum atomic E-state index is -0.0908. The van der Waals surface area contributed by atoms with Crippen LogP contribution >= 0.6 is 0 Å². The Labute approximate surface area is 86.9 Å². The van der Waals surface area contributed by atoms with Crippen molar-refractivity contribution < 1.29 is 9.47 Å². The van der Waals surface area contributed by atoms with E-state index < -0.39 is 0 Å². The lowest BCUT2D eigenvalue weighted by Gasteiger charge is -2.42. The summed E-state index contributed by atoms with van der Waals surface area (Å²) < 4.78 is 11.5. The minimum Gasteiger partial charge on any atom is -0.381 e. The van der Waals surface area contributed by atoms with Crippen molar-refractivity contribution in [2.75, 3.05) is 19.8 Å². The van der Waals surface area contributed by atoms with Crippen LogP contribution in [0.15, 0.2) is 0 Å². The van der Waals surface area contributed by atoms with Crippen LogP contribution in [0.2, 0.25) is 0 Å². The van der Waals surface area contributed by atoms with Crippen molar-refractivity contribution in [3.63, 3.8) is 0 Å². The van der Waals surface area contributed by atoms with Crippen molar-refractivity contribution in [3.05, 3.63) is 0 Å². The summed E-state index contributed by atoms with van der Waals surface area (Å²) in [6.07, 6.45) is 2.89. The molecule has 0 aromatic carbocycles. The molecule has 14 heavy (non-hydrogen) atoms. The fourth-order valence-corrected chi connectivity index (χ4v) is 2.06. The largest absolute Gasteiger partial charge is 0.381 e. The fraction of sp³-hybridized carbons (Fsp3) is 1.00. The highest BCUT2D eigenvalue weighted by atomic mass is 16.5. The lowest BCUT2D eigenvalue weighted by Crippen LogP contribution is -2.45. The van der Waals surface area contributed by atoms with Crippen LogP contribution in [0.5, 0.6) is 0 Å². The Morgan fingerprint density at radius 1 is 1.29 bits per heavy atom. The van der Waals surface area contributed by atoms with Crippen LogP contribution in [0.1, 0.15) is 40.0 Å². The van der Waals surface area contributed by atoms with Crippen LogP contribution in [0.25, 0.3) is 0 Å². The van der Waals surface area contributed by atoms with Gasteiger partial charge in [0.25, 0.3) is 0 Å². The first kappa shape index (κ1) is 12.0. The number of nitrogens with two attached hydrogens (primary N) is 1. The first-order valence-electron chi connectivity index (χ1n) is 5.45. The van der Waals surface area contributed by atoms with Gasteiger partial charge in [-0.1, -0.05) is 0 Å². The van der Waals surface area contributed by atoms with Gasteiger partial charge in [-0.05, 0) is 46.6 Å². The Balaban J connectivity index is 2.60. The summed E-state index contributed by atoms with van der Waals surface area (Å²) in [6.45, 7) is 8.59. The van der Waals surface area contributed by atoms with Crippen LogP contribution in [0, 0.1) is 0 Å². The summed E-state index contributed by atoms with van der Waals surface area (Å²) in [5, 5.41) is 0. The topological polar surface area (TPSA) is 44.5 Å². The molecule has 1 aliphatic rings. The molecule has 1 fully saturated rings. The lowest BCUT2D eigenvalue weighted by atomic mass is 9.89. The van der Waals surface area contributed by atoms with Crippen molar-refractivity contribution in [2.45, 2.75) is 51.2 Å². The molecule has 0 amide bonds. The third kappa shape index (κ3) is 3.56. The number of ether oxygens (including phenoxy) is 2. The van der Waals surface area contributed by atoms with Gasteiger partial charge in [-0.3, -0.25) is 0 Å². The molecule has 0 bridgehead atoms. The summed E-state index contributed by atoms with van der Waals surface area (Å²) in [4.78, 5) is 0. The number of hydrogen-bond acceptors (Lipinski definition) is 3. The number of hydrogen-bond donors (Lipinski definition) is 1. The summed E-state index contributed by atoms with van der Waals surface area (Å²) in [5.41, 5.74) is 5.52. The highest BCUT2D eigenvalue weighted by molar-refractivity contribution is 4.86. The average molecular weight is 201 g/mol. The normalized spacial score (nSPS) is 22.3. The molecule has 1 rings (SSSR count). The molecule has 0 aromatic heterocycles. The van der Waals surface area contributed by atoms with Crippen LogP contribution in [0.4, 0.5) is 0 Å². The Kier molecular flexibility index (Phi) is 3.93. The molecule has 0 radical (unpaired) electrons. The highest BCUT2D eigenvalue weighted by Crippen LogP contribution is 2.32. The molecule has 1 saturated heterocycles. The van der Waals surface area contributed by atoms with E-state index in [9.17, 15) is 0 Å². The monoisotopic (exact) mass is 201 g/mol. The summed E-state index contributed by atoms with van der Waals surface area (Å²) in [5.74, 6) is 0. The van der Waals surface area contributed by atoms with Gasteiger partial charge in [0.2, 0.25) is 0 Å². The molecular weight excluding hydrogens is 178 g/mol. The standard InChI is InChI=1S/C11H23NO2/c1-10(2,3)14-11(4-7-12)5-8-13-9-6-11/h4-9,12H2,1-3H3. The van der Waals surface area contributed by atoms with E-state index >= 15 is 0 Å². The van der Waals surface area contributed by atoms with Crippen molar-refractivity contribution in [2.24, 2.45) is 5.73 Å². The zero-order valence-corrected chi connectivity index (χ0v) is 9.64. The molecular formula is C11H23NO2. The SMILES string of the molecule is CC(C)(C)OC1(CCN)CCOCC1. The molecule has 3 nitrogen and oxygen atoms in total. The lowest BCUT2D eigenvalue weighted by molar-refractivity contribution is -0.173. The van der Waals surface area contributed by atoms with Crippen molar-refractivity contribution in [1.29, 1.82) is 0 Å². The predicted octanol–water partition coefficient (Wildman–Crippen LogP) is 1.70. The van der Waals surface area contributed by atoms with E-state index in [1.165, 1.54) is 0 Å². The van der Waals surface area contributed by atoms with Crippen molar-refractivity contribution in [3.8, 4) is 0 Å². The second kappa shape index (κ2) is 4.60. The first-order chi connectivity index (χ1) is 6.47. The van der Waals surface area contributed by atoms with E-state index in [1.807, 2.05) is 0 Å². The molecule has 0 spiro atoms. The Bertz CT molecular complexity index is 163. The molecule has 0 aliphatic carbocycles. The van der Waals surface area contributed by atoms with Gasteiger partial charge in [-0.25, -0.2) is 0 Å². The van der Waals surface area contributed by atoms with Gasteiger partial charge in [0.05, 0.1) is 11.2 Å². The highest BCUT2D eigenvalue weighted by Gasteiger charge is 2.36. The van der Waals surface area contributed by atoms with E-state index in [2.05, 4.69) is 20.8 Å². The molecule has 1 heterocycles. The van der Waals surface area contributed by atoms with Crippen molar-refractivity contribution in [1.82, 2.24) is 0 Å². The van der Waals surface area contributed by atoms with Gasteiger partial charge < -0.3 is 15.2 Å². The molecule has 0 atom stereocenters. The average Bonchev–Trinajstić information content (AvgIpc) is 2.02. The van der Waals surface area contributed by atoms with Gasteiger partial charge >= 0.3 is 0 Å². The molecule has 2 N–H and O–H groups in total. The Hall–Kier alpha value is -0.120. The quantitative estimate of drug-likeness (QED) is 0.756. The van der Waals surface area contributed by atoms with E-state index in [0.717, 1.165) is 32.5 Å². The third-order valence-electron chi connectivity index (χ3n) is 2.53. The van der Waals surface area contributed by atoms with Crippen LogP contribution < -0.4 is 5.73 Å². The van der Waals surface area contributed by atoms with Gasteiger partial charge in [0, 0.05) is 13.2 Å². The second-order valence-corrected chi connectivity index (χ2v) is 5.05. The van der Waals surface area contributed by atoms with Crippen molar-refractivity contribution >= 4 is 0 Å². The number of rotatable bonds is 3. The Morgan fingerprint density at radius 3 is 2.29 bits per heavy atom. The van der Waals surface area contributed by atoms with Crippen LogP contribution in [-0.2, 0) is 9.47 Å². The van der Waals surface area contributed by atoms with E-state index in [-0.39, 0.29) is 11.2 Å². The Morgan fingerprint density at radius 2 is 1.86 bits per heavy atom. The summed E-state index contributed by atoms with van der Waals surface area (Å²) >= 11 is 0. The maximum atomic E-state index is 6.15. The maximum Gasteiger partial charge on any atom is 0.0745 e. The molecule has 0 saturated carbocycles. The van der Waals surface area contributed by atoms with Gasteiger partial charge in [0.1, 0.15) is 0 Å². The zero-order chi connectivity index (χ0) is 10.7. The van der Waals surface area contributed by atoms with Gasteiger partial charge in [0.15, 0.2) is 0 Å². The maximum absolute atomic E-state index is 6.15. The van der Waals surface area contributed by atoms with E-state index in [0.29, 0.717) is 6.54 Å². The molecule has 84 valence electrons. The van der Waals surface area contributed by atoms with Crippen LogP contribution in [0.3, 0.4) is 0 Å². The second-order valence-electron chi connectivity index (χ2n) is 5.05. The third-order valence-corrected chi connectivity index (χ3v) is 2.53. The first-order valence-corrected chi connectivity index (χ1v) is 5.45. The minimum absolute atomic E-state index is 0.0365. The molecule has 0 unspecified atom stereocenters.